The van der Waals surface area contributed by atoms with Gasteiger partial charge in [-0.05, 0) is 36.4 Å². The standard InChI is InChI=1S/C17H28N2O/c1-13(2)10-18-11-15-6-4-5-7-16(15)19-9-8-17(20)14(3)12-19/h4-7,13-14,17-18,20H,8-12H2,1-3H3. The molecule has 3 heteroatoms. The van der Waals surface area contributed by atoms with Crippen molar-refractivity contribution in [3.63, 3.8) is 0 Å². The van der Waals surface area contributed by atoms with Gasteiger partial charge in [0.05, 0.1) is 6.10 Å². The van der Waals surface area contributed by atoms with Crippen LogP contribution in [-0.4, -0.2) is 30.8 Å². The quantitative estimate of drug-likeness (QED) is 0.868. The average Bonchev–Trinajstić information content (AvgIpc) is 2.42. The second-order valence-electron chi connectivity index (χ2n) is 6.43. The monoisotopic (exact) mass is 276 g/mol. The Hall–Kier alpha value is -1.06. The molecule has 3 nitrogen and oxygen atoms in total. The Morgan fingerprint density at radius 3 is 2.80 bits per heavy atom. The molecule has 2 unspecified atom stereocenters. The van der Waals surface area contributed by atoms with Crippen LogP contribution in [0.1, 0.15) is 32.8 Å². The number of piperidine rings is 1. The van der Waals surface area contributed by atoms with Gasteiger partial charge >= 0.3 is 0 Å². The van der Waals surface area contributed by atoms with Crippen LogP contribution in [0.5, 0.6) is 0 Å². The lowest BCUT2D eigenvalue weighted by atomic mass is 9.95. The molecule has 1 saturated heterocycles. The summed E-state index contributed by atoms with van der Waals surface area (Å²) in [6.07, 6.45) is 0.729. The van der Waals surface area contributed by atoms with Crippen molar-refractivity contribution in [2.24, 2.45) is 11.8 Å². The second kappa shape index (κ2) is 7.09. The minimum atomic E-state index is -0.141. The van der Waals surface area contributed by atoms with E-state index in [-0.39, 0.29) is 6.10 Å². The zero-order valence-electron chi connectivity index (χ0n) is 13.0. The van der Waals surface area contributed by atoms with Crippen molar-refractivity contribution in [2.45, 2.75) is 39.8 Å². The summed E-state index contributed by atoms with van der Waals surface area (Å²) in [5.74, 6) is 1.02. The topological polar surface area (TPSA) is 35.5 Å². The molecule has 2 N–H and O–H groups in total. The van der Waals surface area contributed by atoms with Gasteiger partial charge in [0.25, 0.3) is 0 Å². The molecule has 2 rings (SSSR count). The van der Waals surface area contributed by atoms with Gasteiger partial charge in [-0.25, -0.2) is 0 Å². The summed E-state index contributed by atoms with van der Waals surface area (Å²) < 4.78 is 0. The van der Waals surface area contributed by atoms with Gasteiger partial charge in [0, 0.05) is 25.3 Å². The van der Waals surface area contributed by atoms with E-state index in [0.29, 0.717) is 11.8 Å². The number of hydrogen-bond donors (Lipinski definition) is 2. The lowest BCUT2D eigenvalue weighted by Crippen LogP contribution is -2.42. The molecule has 112 valence electrons. The third kappa shape index (κ3) is 3.97. The van der Waals surface area contributed by atoms with E-state index >= 15 is 0 Å². The fraction of sp³-hybridized carbons (Fsp3) is 0.647. The first-order valence-electron chi connectivity index (χ1n) is 7.79. The fourth-order valence-corrected chi connectivity index (χ4v) is 2.82. The summed E-state index contributed by atoms with van der Waals surface area (Å²) in [6.45, 7) is 10.5. The highest BCUT2D eigenvalue weighted by Crippen LogP contribution is 2.26. The predicted octanol–water partition coefficient (Wildman–Crippen LogP) is 2.64. The molecule has 20 heavy (non-hydrogen) atoms. The number of aliphatic hydroxyl groups excluding tert-OH is 1. The van der Waals surface area contributed by atoms with E-state index in [1.807, 2.05) is 0 Å². The van der Waals surface area contributed by atoms with E-state index in [4.69, 9.17) is 0 Å². The largest absolute Gasteiger partial charge is 0.393 e. The molecule has 1 aromatic carbocycles. The van der Waals surface area contributed by atoms with E-state index in [1.54, 1.807) is 0 Å². The summed E-state index contributed by atoms with van der Waals surface area (Å²) in [5.41, 5.74) is 2.68. The number of para-hydroxylation sites is 1. The van der Waals surface area contributed by atoms with Gasteiger partial charge in [0.2, 0.25) is 0 Å². The number of aliphatic hydroxyl groups is 1. The SMILES string of the molecule is CC(C)CNCc1ccccc1N1CCC(O)C(C)C1. The number of nitrogens with one attached hydrogen (secondary N) is 1. The van der Waals surface area contributed by atoms with Crippen LogP contribution in [0, 0.1) is 11.8 Å². The average molecular weight is 276 g/mol. The van der Waals surface area contributed by atoms with Gasteiger partial charge in [0.1, 0.15) is 0 Å². The third-order valence-corrected chi connectivity index (χ3v) is 4.06. The fourth-order valence-electron chi connectivity index (χ4n) is 2.82. The summed E-state index contributed by atoms with van der Waals surface area (Å²) >= 11 is 0. The lowest BCUT2D eigenvalue weighted by molar-refractivity contribution is 0.0970. The summed E-state index contributed by atoms with van der Waals surface area (Å²) in [7, 11) is 0. The Balaban J connectivity index is 2.03. The Kier molecular flexibility index (Phi) is 5.44. The third-order valence-electron chi connectivity index (χ3n) is 4.06. The minimum Gasteiger partial charge on any atom is -0.393 e. The molecule has 0 bridgehead atoms. The van der Waals surface area contributed by atoms with Gasteiger partial charge in [-0.1, -0.05) is 39.0 Å². The second-order valence-corrected chi connectivity index (χ2v) is 6.43. The molecule has 1 fully saturated rings. The first kappa shape index (κ1) is 15.3. The number of rotatable bonds is 5. The van der Waals surface area contributed by atoms with Crippen LogP contribution in [0.15, 0.2) is 24.3 Å². The Bertz CT molecular complexity index is 419. The van der Waals surface area contributed by atoms with Crippen molar-refractivity contribution < 1.29 is 5.11 Å². The maximum Gasteiger partial charge on any atom is 0.0599 e. The van der Waals surface area contributed by atoms with E-state index in [9.17, 15) is 5.11 Å². The summed E-state index contributed by atoms with van der Waals surface area (Å²) in [5, 5.41) is 13.4. The van der Waals surface area contributed by atoms with Crippen molar-refractivity contribution in [2.75, 3.05) is 24.5 Å². The highest BCUT2D eigenvalue weighted by molar-refractivity contribution is 5.54. The van der Waals surface area contributed by atoms with E-state index in [0.717, 1.165) is 32.6 Å². The molecule has 1 heterocycles. The van der Waals surface area contributed by atoms with Gasteiger partial charge in [-0.3, -0.25) is 0 Å². The number of anilines is 1. The molecule has 0 aromatic heterocycles. The van der Waals surface area contributed by atoms with Gasteiger partial charge in [0.15, 0.2) is 0 Å². The van der Waals surface area contributed by atoms with Crippen molar-refractivity contribution in [3.8, 4) is 0 Å². The molecule has 0 saturated carbocycles. The molecule has 0 spiro atoms. The maximum atomic E-state index is 9.88. The van der Waals surface area contributed by atoms with Crippen molar-refractivity contribution in [3.05, 3.63) is 29.8 Å². The van der Waals surface area contributed by atoms with Gasteiger partial charge < -0.3 is 15.3 Å². The molecule has 1 aromatic rings. The zero-order valence-corrected chi connectivity index (χ0v) is 13.0. The van der Waals surface area contributed by atoms with Crippen LogP contribution in [0.2, 0.25) is 0 Å². The van der Waals surface area contributed by atoms with Crippen molar-refractivity contribution >= 4 is 5.69 Å². The van der Waals surface area contributed by atoms with Crippen LogP contribution < -0.4 is 10.2 Å². The first-order valence-corrected chi connectivity index (χ1v) is 7.79. The van der Waals surface area contributed by atoms with E-state index in [1.165, 1.54) is 11.3 Å². The van der Waals surface area contributed by atoms with E-state index in [2.05, 4.69) is 55.3 Å². The summed E-state index contributed by atoms with van der Waals surface area (Å²) in [6, 6.07) is 8.63. The van der Waals surface area contributed by atoms with Crippen LogP contribution >= 0.6 is 0 Å². The van der Waals surface area contributed by atoms with Gasteiger partial charge in [-0.15, -0.1) is 0 Å². The van der Waals surface area contributed by atoms with E-state index < -0.39 is 0 Å². The van der Waals surface area contributed by atoms with Crippen molar-refractivity contribution in [1.29, 1.82) is 0 Å². The number of nitrogens with zero attached hydrogens (tertiary/aromatic N) is 1. The number of hydrogen-bond acceptors (Lipinski definition) is 3. The number of benzene rings is 1. The molecular weight excluding hydrogens is 248 g/mol. The molecule has 2 atom stereocenters. The molecule has 0 radical (unpaired) electrons. The van der Waals surface area contributed by atoms with Crippen LogP contribution in [0.25, 0.3) is 0 Å². The first-order chi connectivity index (χ1) is 9.58. The minimum absolute atomic E-state index is 0.141. The highest BCUT2D eigenvalue weighted by atomic mass is 16.3. The summed E-state index contributed by atoms with van der Waals surface area (Å²) in [4.78, 5) is 2.42. The Morgan fingerprint density at radius 1 is 1.35 bits per heavy atom. The van der Waals surface area contributed by atoms with Crippen LogP contribution in [0.3, 0.4) is 0 Å². The maximum absolute atomic E-state index is 9.88. The smallest absolute Gasteiger partial charge is 0.0599 e. The molecular formula is C17H28N2O. The molecule has 1 aliphatic rings. The molecule has 1 aliphatic heterocycles. The molecule has 0 aliphatic carbocycles. The lowest BCUT2D eigenvalue weighted by Gasteiger charge is -2.37. The Morgan fingerprint density at radius 2 is 2.10 bits per heavy atom. The van der Waals surface area contributed by atoms with Crippen molar-refractivity contribution in [1.82, 2.24) is 5.32 Å². The molecule has 0 amide bonds. The van der Waals surface area contributed by atoms with Crippen LogP contribution in [0.4, 0.5) is 5.69 Å². The normalized spacial score (nSPS) is 23.4. The predicted molar refractivity (Wildman–Crippen MR) is 85.0 cm³/mol. The zero-order chi connectivity index (χ0) is 14.5. The van der Waals surface area contributed by atoms with Crippen LogP contribution in [-0.2, 0) is 6.54 Å². The Labute approximate surface area is 123 Å². The highest BCUT2D eigenvalue weighted by Gasteiger charge is 2.25. The van der Waals surface area contributed by atoms with Gasteiger partial charge in [-0.2, -0.15) is 0 Å².